The highest BCUT2D eigenvalue weighted by Gasteiger charge is 2.33. The summed E-state index contributed by atoms with van der Waals surface area (Å²) in [4.78, 5) is 15.9. The minimum Gasteiger partial charge on any atom is -0.489 e. The van der Waals surface area contributed by atoms with Crippen molar-refractivity contribution in [3.8, 4) is 22.7 Å². The number of hydrogen-bond acceptors (Lipinski definition) is 5. The lowest BCUT2D eigenvalue weighted by Gasteiger charge is -2.21. The minimum atomic E-state index is -0.0343. The maximum atomic E-state index is 13.5. The highest BCUT2D eigenvalue weighted by atomic mass is 35.5. The van der Waals surface area contributed by atoms with Gasteiger partial charge in [0.05, 0.1) is 16.3 Å². The van der Waals surface area contributed by atoms with Crippen LogP contribution in [0.4, 0.5) is 0 Å². The van der Waals surface area contributed by atoms with Crippen LogP contribution in [-0.2, 0) is 11.4 Å². The van der Waals surface area contributed by atoms with Gasteiger partial charge in [-0.05, 0) is 66.9 Å². The van der Waals surface area contributed by atoms with E-state index >= 15 is 0 Å². The number of thioether (sulfide) groups is 1. The number of para-hydroxylation sites is 1. The summed E-state index contributed by atoms with van der Waals surface area (Å²) in [5.74, 6) is 1.11. The van der Waals surface area contributed by atoms with Gasteiger partial charge in [-0.1, -0.05) is 105 Å². The molecule has 1 unspecified atom stereocenters. The van der Waals surface area contributed by atoms with Crippen LogP contribution in [0.3, 0.4) is 0 Å². The molecule has 5 rings (SSSR count). The summed E-state index contributed by atoms with van der Waals surface area (Å²) in [5, 5.41) is 6.08. The third-order valence-electron chi connectivity index (χ3n) is 7.44. The molecule has 1 aliphatic heterocycles. The molecule has 1 fully saturated rings. The second kappa shape index (κ2) is 14.6. The first-order chi connectivity index (χ1) is 20.9. The van der Waals surface area contributed by atoms with Gasteiger partial charge in [0.2, 0.25) is 0 Å². The summed E-state index contributed by atoms with van der Waals surface area (Å²) in [7, 11) is 0. The number of thiocarbonyl (C=S) groups is 1. The van der Waals surface area contributed by atoms with Gasteiger partial charge in [0.1, 0.15) is 16.7 Å². The molecule has 43 heavy (non-hydrogen) atoms. The predicted molar refractivity (Wildman–Crippen MR) is 183 cm³/mol. The van der Waals surface area contributed by atoms with Crippen LogP contribution in [0.15, 0.2) is 83.9 Å². The number of hydrogen-bond donors (Lipinski definition) is 0. The van der Waals surface area contributed by atoms with Crippen LogP contribution in [0.1, 0.15) is 50.7 Å². The van der Waals surface area contributed by atoms with E-state index in [0.29, 0.717) is 44.1 Å². The molecule has 1 saturated heterocycles. The third kappa shape index (κ3) is 7.71. The number of carbonyl (C=O) groups excluding carboxylic acids is 1. The molecule has 1 aromatic heterocycles. The molecule has 0 radical (unpaired) electrons. The fourth-order valence-corrected chi connectivity index (χ4v) is 6.64. The molecule has 0 N–H and O–H groups in total. The second-order valence-corrected chi connectivity index (χ2v) is 13.0. The molecule has 0 spiro atoms. The van der Waals surface area contributed by atoms with Gasteiger partial charge >= 0.3 is 0 Å². The first kappa shape index (κ1) is 31.3. The Labute approximate surface area is 272 Å². The van der Waals surface area contributed by atoms with Crippen LogP contribution >= 0.6 is 47.2 Å². The maximum absolute atomic E-state index is 13.5. The highest BCUT2D eigenvalue weighted by Crippen LogP contribution is 2.36. The number of unbranched alkanes of at least 4 members (excludes halogenated alkanes) is 1. The molecule has 0 aliphatic carbocycles. The molecule has 4 aromatic rings. The lowest BCUT2D eigenvalue weighted by atomic mass is 9.99. The van der Waals surface area contributed by atoms with E-state index in [-0.39, 0.29) is 5.91 Å². The Morgan fingerprint density at radius 3 is 2.51 bits per heavy atom. The molecule has 1 aliphatic rings. The molecule has 222 valence electrons. The summed E-state index contributed by atoms with van der Waals surface area (Å²) < 4.78 is 8.44. The van der Waals surface area contributed by atoms with Crippen LogP contribution < -0.4 is 4.74 Å². The summed E-state index contributed by atoms with van der Waals surface area (Å²) in [5.41, 5.74) is 4.28. The molecule has 5 nitrogen and oxygen atoms in total. The Morgan fingerprint density at radius 2 is 1.81 bits per heavy atom. The van der Waals surface area contributed by atoms with Crippen LogP contribution in [0.2, 0.25) is 10.0 Å². The van der Waals surface area contributed by atoms with Crippen LogP contribution in [0, 0.1) is 5.92 Å². The molecule has 1 atom stereocenters. The average molecular weight is 651 g/mol. The number of amides is 1. The standard InChI is InChI=1S/C34H33Cl2N3O2S2/c1-3-5-9-23(4-2)20-38-33(40)31(43-34(38)42)18-26-21-39(28-10-7-6-8-11-28)37-32(26)24-13-16-29(17-14-24)41-22-25-12-15-27(35)19-30(25)36/h6-8,10-19,21,23H,3-5,9,20,22H2,1-2H3/b31-18+. The van der Waals surface area contributed by atoms with Gasteiger partial charge in [-0.2, -0.15) is 5.10 Å². The Bertz CT molecular complexity index is 1620. The summed E-state index contributed by atoms with van der Waals surface area (Å²) >= 11 is 19.3. The number of nitrogens with zero attached hydrogens (tertiary/aromatic N) is 3. The zero-order chi connectivity index (χ0) is 30.3. The fourth-order valence-electron chi connectivity index (χ4n) is 4.91. The molecule has 0 saturated carbocycles. The maximum Gasteiger partial charge on any atom is 0.266 e. The van der Waals surface area contributed by atoms with Crippen LogP contribution in [0.25, 0.3) is 23.0 Å². The number of aromatic nitrogens is 2. The molecule has 3 aromatic carbocycles. The summed E-state index contributed by atoms with van der Waals surface area (Å²) in [6.45, 7) is 5.36. The molecule has 0 bridgehead atoms. The largest absolute Gasteiger partial charge is 0.489 e. The zero-order valence-electron chi connectivity index (χ0n) is 24.1. The monoisotopic (exact) mass is 649 g/mol. The number of rotatable bonds is 12. The zero-order valence-corrected chi connectivity index (χ0v) is 27.3. The number of halogens is 2. The average Bonchev–Trinajstić information content (AvgIpc) is 3.55. The molecule has 1 amide bonds. The quantitative estimate of drug-likeness (QED) is 0.113. The van der Waals surface area contributed by atoms with Crippen molar-refractivity contribution in [1.29, 1.82) is 0 Å². The highest BCUT2D eigenvalue weighted by molar-refractivity contribution is 8.26. The van der Waals surface area contributed by atoms with Gasteiger partial charge in [0.15, 0.2) is 0 Å². The van der Waals surface area contributed by atoms with Crippen molar-refractivity contribution in [3.05, 3.63) is 105 Å². The van der Waals surface area contributed by atoms with E-state index < -0.39 is 0 Å². The Morgan fingerprint density at radius 1 is 1.05 bits per heavy atom. The van der Waals surface area contributed by atoms with E-state index in [9.17, 15) is 4.79 Å². The predicted octanol–water partition coefficient (Wildman–Crippen LogP) is 9.84. The van der Waals surface area contributed by atoms with Gasteiger partial charge in [0, 0.05) is 39.5 Å². The first-order valence-electron chi connectivity index (χ1n) is 14.4. The van der Waals surface area contributed by atoms with Gasteiger partial charge in [-0.3, -0.25) is 9.69 Å². The van der Waals surface area contributed by atoms with Crippen LogP contribution in [0.5, 0.6) is 5.75 Å². The first-order valence-corrected chi connectivity index (χ1v) is 16.4. The van der Waals surface area contributed by atoms with Gasteiger partial charge in [-0.15, -0.1) is 0 Å². The fraction of sp³-hybridized carbons (Fsp3) is 0.265. The summed E-state index contributed by atoms with van der Waals surface area (Å²) in [6.07, 6.45) is 8.30. The SMILES string of the molecule is CCCCC(CC)CN1C(=O)/C(=C\c2cn(-c3ccccc3)nc2-c2ccc(OCc3ccc(Cl)cc3Cl)cc2)SC1=S. The van der Waals surface area contributed by atoms with Crippen molar-refractivity contribution in [3.63, 3.8) is 0 Å². The van der Waals surface area contributed by atoms with Gasteiger partial charge < -0.3 is 4.74 Å². The van der Waals surface area contributed by atoms with Crippen molar-refractivity contribution in [2.75, 3.05) is 6.54 Å². The van der Waals surface area contributed by atoms with Gasteiger partial charge in [-0.25, -0.2) is 4.68 Å². The second-order valence-electron chi connectivity index (χ2n) is 10.5. The number of carbonyl (C=O) groups is 1. The minimum absolute atomic E-state index is 0.0343. The van der Waals surface area contributed by atoms with Crippen molar-refractivity contribution >= 4 is 63.5 Å². The Balaban J connectivity index is 1.41. The van der Waals surface area contributed by atoms with E-state index in [1.165, 1.54) is 11.8 Å². The molecular formula is C34H33Cl2N3O2S2. The van der Waals surface area contributed by atoms with E-state index in [1.807, 2.05) is 77.6 Å². The number of benzene rings is 3. The smallest absolute Gasteiger partial charge is 0.266 e. The van der Waals surface area contributed by atoms with Crippen molar-refractivity contribution in [2.24, 2.45) is 5.92 Å². The normalized spacial score (nSPS) is 15.0. The van der Waals surface area contributed by atoms with Crippen LogP contribution in [-0.4, -0.2) is 31.5 Å². The number of ether oxygens (including phenoxy) is 1. The molecule has 2 heterocycles. The lowest BCUT2D eigenvalue weighted by molar-refractivity contribution is -0.122. The Kier molecular flexibility index (Phi) is 10.6. The van der Waals surface area contributed by atoms with Crippen molar-refractivity contribution in [2.45, 2.75) is 46.1 Å². The van der Waals surface area contributed by atoms with E-state index in [2.05, 4.69) is 13.8 Å². The van der Waals surface area contributed by atoms with Gasteiger partial charge in [0.25, 0.3) is 5.91 Å². The molecule has 9 heteroatoms. The third-order valence-corrected chi connectivity index (χ3v) is 9.41. The Hall–Kier alpha value is -3.10. The summed E-state index contributed by atoms with van der Waals surface area (Å²) in [6, 6.07) is 23.0. The van der Waals surface area contributed by atoms with E-state index in [4.69, 9.17) is 45.3 Å². The topological polar surface area (TPSA) is 47.4 Å². The van der Waals surface area contributed by atoms with E-state index in [1.54, 1.807) is 17.0 Å². The lowest BCUT2D eigenvalue weighted by Crippen LogP contribution is -2.33. The molecular weight excluding hydrogens is 617 g/mol. The van der Waals surface area contributed by atoms with Crippen molar-refractivity contribution < 1.29 is 9.53 Å². The van der Waals surface area contributed by atoms with E-state index in [0.717, 1.165) is 53.8 Å². The van der Waals surface area contributed by atoms with Crippen molar-refractivity contribution in [1.82, 2.24) is 14.7 Å².